The molecular formula is C27H24N4O2S. The summed E-state index contributed by atoms with van der Waals surface area (Å²) in [5.74, 6) is 0.310. The summed E-state index contributed by atoms with van der Waals surface area (Å²) in [4.78, 5) is 37.4. The van der Waals surface area contributed by atoms with Crippen LogP contribution in [-0.4, -0.2) is 33.0 Å². The molecule has 3 aromatic carbocycles. The molecule has 0 saturated carbocycles. The van der Waals surface area contributed by atoms with Crippen LogP contribution in [0.3, 0.4) is 0 Å². The molecule has 7 heteroatoms. The van der Waals surface area contributed by atoms with Gasteiger partial charge in [0.05, 0.1) is 10.9 Å². The molecule has 2 atom stereocenters. The lowest BCUT2D eigenvalue weighted by molar-refractivity contribution is -0.124. The third kappa shape index (κ3) is 4.26. The lowest BCUT2D eigenvalue weighted by atomic mass is 10.1. The highest BCUT2D eigenvalue weighted by Gasteiger charge is 2.42. The molecule has 2 heterocycles. The molecule has 0 saturated heterocycles. The molecule has 0 aromatic heterocycles. The molecule has 0 bridgehead atoms. The normalized spacial score (nSPS) is 17.4. The van der Waals surface area contributed by atoms with Crippen molar-refractivity contribution >= 4 is 40.3 Å². The standard InChI is InChI=1S/C27H24N4O2S/c1-17-12-14-19(15-13-17)16-28-25(32)18(2)34-27-29-22-11-7-6-10-21(22)24-30-23(26(33)31(24)27)20-8-4-3-5-9-20/h3-15,18,23H,16H2,1-2H3,(H,28,32)/t18-,23+/m0/s1. The summed E-state index contributed by atoms with van der Waals surface area (Å²) < 4.78 is 0. The highest BCUT2D eigenvalue weighted by molar-refractivity contribution is 8.15. The molecule has 0 aliphatic carbocycles. The molecule has 2 aliphatic heterocycles. The van der Waals surface area contributed by atoms with Crippen molar-refractivity contribution in [3.8, 4) is 0 Å². The van der Waals surface area contributed by atoms with Crippen LogP contribution >= 0.6 is 11.8 Å². The van der Waals surface area contributed by atoms with Gasteiger partial charge in [0.25, 0.3) is 5.91 Å². The van der Waals surface area contributed by atoms with Crippen molar-refractivity contribution in [3.05, 3.63) is 101 Å². The number of rotatable bonds is 5. The van der Waals surface area contributed by atoms with Crippen LogP contribution in [0.4, 0.5) is 5.69 Å². The average molecular weight is 469 g/mol. The van der Waals surface area contributed by atoms with E-state index in [1.807, 2.05) is 92.7 Å². The molecule has 170 valence electrons. The monoisotopic (exact) mass is 468 g/mol. The number of aliphatic imine (C=N–C) groups is 2. The Labute approximate surface area is 202 Å². The summed E-state index contributed by atoms with van der Waals surface area (Å²) in [5.41, 5.74) is 4.61. The Kier molecular flexibility index (Phi) is 6.02. The Morgan fingerprint density at radius 1 is 1.03 bits per heavy atom. The van der Waals surface area contributed by atoms with Crippen molar-refractivity contribution in [1.82, 2.24) is 10.2 Å². The molecule has 3 aromatic rings. The van der Waals surface area contributed by atoms with Gasteiger partial charge in [-0.1, -0.05) is 84.1 Å². The van der Waals surface area contributed by atoms with Gasteiger partial charge in [-0.3, -0.25) is 9.59 Å². The largest absolute Gasteiger partial charge is 0.351 e. The summed E-state index contributed by atoms with van der Waals surface area (Å²) in [7, 11) is 0. The van der Waals surface area contributed by atoms with E-state index in [2.05, 4.69) is 5.32 Å². The van der Waals surface area contributed by atoms with Crippen LogP contribution < -0.4 is 5.32 Å². The molecular weight excluding hydrogens is 444 g/mol. The molecule has 0 fully saturated rings. The highest BCUT2D eigenvalue weighted by atomic mass is 32.2. The van der Waals surface area contributed by atoms with Crippen LogP contribution in [0.25, 0.3) is 0 Å². The number of thioether (sulfide) groups is 1. The van der Waals surface area contributed by atoms with Crippen LogP contribution in [0.15, 0.2) is 88.8 Å². The fourth-order valence-corrected chi connectivity index (χ4v) is 4.87. The number of amides is 2. The number of nitrogens with one attached hydrogen (secondary N) is 1. The van der Waals surface area contributed by atoms with Gasteiger partial charge in [0.1, 0.15) is 5.84 Å². The number of hydrogen-bond donors (Lipinski definition) is 1. The fraction of sp³-hybridized carbons (Fsp3) is 0.185. The molecule has 0 spiro atoms. The maximum atomic E-state index is 13.5. The SMILES string of the molecule is Cc1ccc(CNC(=O)[C@H](C)SC2=Nc3ccccc3C3=N[C@H](c4ccccc4)C(=O)N23)cc1. The highest BCUT2D eigenvalue weighted by Crippen LogP contribution is 2.38. The van der Waals surface area contributed by atoms with E-state index in [9.17, 15) is 9.59 Å². The van der Waals surface area contributed by atoms with Gasteiger partial charge in [-0.05, 0) is 37.1 Å². The lowest BCUT2D eigenvalue weighted by Crippen LogP contribution is -2.41. The van der Waals surface area contributed by atoms with Crippen molar-refractivity contribution in [2.45, 2.75) is 31.7 Å². The Morgan fingerprint density at radius 3 is 2.50 bits per heavy atom. The van der Waals surface area contributed by atoms with Crippen molar-refractivity contribution in [1.29, 1.82) is 0 Å². The zero-order chi connectivity index (χ0) is 23.7. The Balaban J connectivity index is 1.37. The van der Waals surface area contributed by atoms with Crippen molar-refractivity contribution in [2.24, 2.45) is 9.98 Å². The second kappa shape index (κ2) is 9.27. The summed E-state index contributed by atoms with van der Waals surface area (Å²) in [6.07, 6.45) is 0. The minimum atomic E-state index is -0.626. The van der Waals surface area contributed by atoms with E-state index in [0.29, 0.717) is 17.5 Å². The van der Waals surface area contributed by atoms with E-state index in [1.165, 1.54) is 17.3 Å². The third-order valence-electron chi connectivity index (χ3n) is 5.82. The molecule has 5 rings (SSSR count). The first-order valence-corrected chi connectivity index (χ1v) is 12.0. The lowest BCUT2D eigenvalue weighted by Gasteiger charge is -2.26. The smallest absolute Gasteiger partial charge is 0.263 e. The quantitative estimate of drug-likeness (QED) is 0.587. The summed E-state index contributed by atoms with van der Waals surface area (Å²) in [6.45, 7) is 4.30. The van der Waals surface area contributed by atoms with Crippen LogP contribution in [0.1, 0.15) is 35.2 Å². The van der Waals surface area contributed by atoms with Crippen LogP contribution in [0, 0.1) is 6.92 Å². The maximum absolute atomic E-state index is 13.5. The number of fused-ring (bicyclic) bond motifs is 3. The van der Waals surface area contributed by atoms with Crippen LogP contribution in [0.2, 0.25) is 0 Å². The Bertz CT molecular complexity index is 1300. The molecule has 0 radical (unpaired) electrons. The molecule has 2 aliphatic rings. The van der Waals surface area contributed by atoms with Gasteiger partial charge in [-0.2, -0.15) is 0 Å². The number of carbonyl (C=O) groups is 2. The zero-order valence-electron chi connectivity index (χ0n) is 18.9. The molecule has 34 heavy (non-hydrogen) atoms. The van der Waals surface area contributed by atoms with Crippen molar-refractivity contribution in [3.63, 3.8) is 0 Å². The van der Waals surface area contributed by atoms with Crippen LogP contribution in [0.5, 0.6) is 0 Å². The fourth-order valence-electron chi connectivity index (χ4n) is 3.93. The number of aryl methyl sites for hydroxylation is 1. The predicted octanol–water partition coefficient (Wildman–Crippen LogP) is 4.76. The number of benzene rings is 3. The topological polar surface area (TPSA) is 74.1 Å². The molecule has 2 amide bonds. The van der Waals surface area contributed by atoms with E-state index in [4.69, 9.17) is 9.98 Å². The van der Waals surface area contributed by atoms with Gasteiger partial charge in [0.2, 0.25) is 5.91 Å². The predicted molar refractivity (Wildman–Crippen MR) is 136 cm³/mol. The maximum Gasteiger partial charge on any atom is 0.263 e. The van der Waals surface area contributed by atoms with E-state index in [1.54, 1.807) is 4.90 Å². The minimum absolute atomic E-state index is 0.114. The van der Waals surface area contributed by atoms with E-state index in [-0.39, 0.29) is 11.8 Å². The van der Waals surface area contributed by atoms with E-state index in [0.717, 1.165) is 22.4 Å². The molecule has 0 unspecified atom stereocenters. The van der Waals surface area contributed by atoms with E-state index < -0.39 is 11.3 Å². The summed E-state index contributed by atoms with van der Waals surface area (Å²) in [6, 6.07) is 24.6. The number of amidine groups is 2. The summed E-state index contributed by atoms with van der Waals surface area (Å²) >= 11 is 1.27. The first-order chi connectivity index (χ1) is 16.5. The number of para-hydroxylation sites is 1. The van der Waals surface area contributed by atoms with E-state index >= 15 is 0 Å². The number of nitrogens with zero attached hydrogens (tertiary/aromatic N) is 3. The first-order valence-electron chi connectivity index (χ1n) is 11.2. The minimum Gasteiger partial charge on any atom is -0.351 e. The second-order valence-electron chi connectivity index (χ2n) is 8.31. The number of hydrogen-bond acceptors (Lipinski definition) is 5. The summed E-state index contributed by atoms with van der Waals surface area (Å²) in [5, 5.41) is 3.01. The average Bonchev–Trinajstić information content (AvgIpc) is 3.22. The Hall–Kier alpha value is -3.71. The molecule has 6 nitrogen and oxygen atoms in total. The molecule has 1 N–H and O–H groups in total. The van der Waals surface area contributed by atoms with Gasteiger partial charge in [0.15, 0.2) is 11.2 Å². The van der Waals surface area contributed by atoms with Gasteiger partial charge in [0, 0.05) is 12.1 Å². The van der Waals surface area contributed by atoms with Gasteiger partial charge >= 0.3 is 0 Å². The van der Waals surface area contributed by atoms with Gasteiger partial charge in [-0.25, -0.2) is 14.9 Å². The van der Waals surface area contributed by atoms with Gasteiger partial charge in [-0.15, -0.1) is 0 Å². The first kappa shape index (κ1) is 22.1. The van der Waals surface area contributed by atoms with Gasteiger partial charge < -0.3 is 5.32 Å². The number of carbonyl (C=O) groups excluding carboxylic acids is 2. The Morgan fingerprint density at radius 2 is 1.74 bits per heavy atom. The van der Waals surface area contributed by atoms with Crippen molar-refractivity contribution in [2.75, 3.05) is 0 Å². The van der Waals surface area contributed by atoms with Crippen molar-refractivity contribution < 1.29 is 9.59 Å². The third-order valence-corrected chi connectivity index (χ3v) is 6.88. The second-order valence-corrected chi connectivity index (χ2v) is 9.62. The zero-order valence-corrected chi connectivity index (χ0v) is 19.8. The van der Waals surface area contributed by atoms with Crippen LogP contribution in [-0.2, 0) is 16.1 Å².